The molecule has 0 saturated heterocycles. The summed E-state index contributed by atoms with van der Waals surface area (Å²) in [5.41, 5.74) is 0.491. The molecule has 0 bridgehead atoms. The van der Waals surface area contributed by atoms with Gasteiger partial charge in [0.1, 0.15) is 6.33 Å². The van der Waals surface area contributed by atoms with Crippen LogP contribution in [0, 0.1) is 5.41 Å². The number of nitrogens with one attached hydrogen (secondary N) is 2. The highest BCUT2D eigenvalue weighted by atomic mass is 16.5. The van der Waals surface area contributed by atoms with Gasteiger partial charge in [0.15, 0.2) is 11.6 Å². The minimum absolute atomic E-state index is 0.491. The minimum atomic E-state index is 0.491. The summed E-state index contributed by atoms with van der Waals surface area (Å²) in [5.74, 6) is 2.18. The molecule has 0 aromatic carbocycles. The molecule has 5 heteroatoms. The lowest BCUT2D eigenvalue weighted by Gasteiger charge is -2.17. The second-order valence-electron chi connectivity index (χ2n) is 4.96. The molecule has 18 heavy (non-hydrogen) atoms. The predicted molar refractivity (Wildman–Crippen MR) is 73.2 cm³/mol. The van der Waals surface area contributed by atoms with Crippen LogP contribution < -0.4 is 15.4 Å². The van der Waals surface area contributed by atoms with Crippen LogP contribution in [0.5, 0.6) is 5.75 Å². The number of anilines is 2. The van der Waals surface area contributed by atoms with Gasteiger partial charge in [0.25, 0.3) is 0 Å². The molecule has 0 atom stereocenters. The van der Waals surface area contributed by atoms with Gasteiger partial charge in [-0.3, -0.25) is 0 Å². The first-order chi connectivity index (χ1) is 8.74. The smallest absolute Gasteiger partial charge is 0.204 e. The van der Waals surface area contributed by atoms with Gasteiger partial charge in [0.05, 0.1) is 7.11 Å². The van der Waals surface area contributed by atoms with E-state index < -0.39 is 0 Å². The van der Waals surface area contributed by atoms with Crippen LogP contribution in [0.4, 0.5) is 11.6 Å². The minimum Gasteiger partial charge on any atom is -0.490 e. The zero-order chi connectivity index (χ0) is 13.0. The van der Waals surface area contributed by atoms with Gasteiger partial charge in [-0.05, 0) is 24.7 Å². The number of methoxy groups -OCH3 is 1. The molecular formula is C13H22N4O. The van der Waals surface area contributed by atoms with Crippen molar-refractivity contribution in [3.8, 4) is 5.75 Å². The van der Waals surface area contributed by atoms with Crippen LogP contribution in [0.1, 0.15) is 32.6 Å². The molecule has 0 radical (unpaired) electrons. The third-order valence-electron chi connectivity index (χ3n) is 3.61. The maximum atomic E-state index is 5.36. The summed E-state index contributed by atoms with van der Waals surface area (Å²) in [5, 5.41) is 6.42. The highest BCUT2D eigenvalue weighted by molar-refractivity contribution is 5.63. The van der Waals surface area contributed by atoms with Gasteiger partial charge in [0, 0.05) is 13.6 Å². The summed E-state index contributed by atoms with van der Waals surface area (Å²) in [6.45, 7) is 3.21. The Morgan fingerprint density at radius 2 is 2.06 bits per heavy atom. The summed E-state index contributed by atoms with van der Waals surface area (Å²) >= 11 is 0. The van der Waals surface area contributed by atoms with E-state index in [-0.39, 0.29) is 0 Å². The van der Waals surface area contributed by atoms with Gasteiger partial charge < -0.3 is 15.4 Å². The lowest BCUT2D eigenvalue weighted by Crippen LogP contribution is -2.17. The zero-order valence-electron chi connectivity index (χ0n) is 11.4. The van der Waals surface area contributed by atoms with Crippen LogP contribution >= 0.6 is 0 Å². The number of ether oxygens (including phenoxy) is 1. The molecule has 1 saturated carbocycles. The Hall–Kier alpha value is -1.52. The maximum absolute atomic E-state index is 5.36. The van der Waals surface area contributed by atoms with Crippen molar-refractivity contribution in [2.45, 2.75) is 32.6 Å². The standard InChI is InChI=1S/C13H22N4O/c1-4-5-13(6-7-13)8-15-12-10(18-3)11(14-2)16-9-17-12/h9H,4-8H2,1-3H3,(H2,14,15,16,17). The SMILES string of the molecule is CCCC1(CNc2ncnc(NC)c2OC)CC1. The molecule has 1 aliphatic rings. The van der Waals surface area contributed by atoms with E-state index in [0.29, 0.717) is 11.2 Å². The molecule has 0 aliphatic heterocycles. The summed E-state index contributed by atoms with van der Waals surface area (Å²) < 4.78 is 5.36. The van der Waals surface area contributed by atoms with Gasteiger partial charge in [-0.15, -0.1) is 0 Å². The number of nitrogens with zero attached hydrogens (tertiary/aromatic N) is 2. The van der Waals surface area contributed by atoms with Gasteiger partial charge in [-0.2, -0.15) is 0 Å². The normalized spacial score (nSPS) is 16.2. The molecule has 100 valence electrons. The summed E-state index contributed by atoms with van der Waals surface area (Å²) in [4.78, 5) is 8.40. The second kappa shape index (κ2) is 5.42. The van der Waals surface area contributed by atoms with Crippen LogP contribution in [0.25, 0.3) is 0 Å². The van der Waals surface area contributed by atoms with E-state index in [2.05, 4.69) is 27.5 Å². The first-order valence-corrected chi connectivity index (χ1v) is 6.55. The van der Waals surface area contributed by atoms with Crippen molar-refractivity contribution in [2.24, 2.45) is 5.41 Å². The molecule has 2 rings (SSSR count). The molecular weight excluding hydrogens is 228 g/mol. The van der Waals surface area contributed by atoms with E-state index in [1.807, 2.05) is 7.05 Å². The Kier molecular flexibility index (Phi) is 3.89. The fraction of sp³-hybridized carbons (Fsp3) is 0.692. The van der Waals surface area contributed by atoms with Crippen LogP contribution in [0.3, 0.4) is 0 Å². The van der Waals surface area contributed by atoms with E-state index >= 15 is 0 Å². The van der Waals surface area contributed by atoms with Crippen LogP contribution in [-0.2, 0) is 0 Å². The predicted octanol–water partition coefficient (Wildman–Crippen LogP) is 2.52. The van der Waals surface area contributed by atoms with Crippen molar-refractivity contribution < 1.29 is 4.74 Å². The van der Waals surface area contributed by atoms with Crippen molar-refractivity contribution in [2.75, 3.05) is 31.3 Å². The third kappa shape index (κ3) is 2.66. The highest BCUT2D eigenvalue weighted by Crippen LogP contribution is 2.49. The van der Waals surface area contributed by atoms with Gasteiger partial charge in [-0.25, -0.2) is 9.97 Å². The molecule has 1 aromatic rings. The van der Waals surface area contributed by atoms with Crippen molar-refractivity contribution in [3.05, 3.63) is 6.33 Å². The highest BCUT2D eigenvalue weighted by Gasteiger charge is 2.41. The molecule has 1 aromatic heterocycles. The van der Waals surface area contributed by atoms with Gasteiger partial charge in [-0.1, -0.05) is 13.3 Å². The average Bonchev–Trinajstić information content (AvgIpc) is 3.16. The van der Waals surface area contributed by atoms with Crippen molar-refractivity contribution in [3.63, 3.8) is 0 Å². The lowest BCUT2D eigenvalue weighted by molar-refractivity contribution is 0.413. The van der Waals surface area contributed by atoms with Crippen molar-refractivity contribution >= 4 is 11.6 Å². The third-order valence-corrected chi connectivity index (χ3v) is 3.61. The maximum Gasteiger partial charge on any atom is 0.204 e. The molecule has 1 fully saturated rings. The van der Waals surface area contributed by atoms with Gasteiger partial charge in [0.2, 0.25) is 5.75 Å². The van der Waals surface area contributed by atoms with Crippen molar-refractivity contribution in [1.29, 1.82) is 0 Å². The van der Waals surface area contributed by atoms with Crippen LogP contribution in [-0.4, -0.2) is 30.7 Å². The average molecular weight is 250 g/mol. The first-order valence-electron chi connectivity index (χ1n) is 6.55. The molecule has 0 spiro atoms. The fourth-order valence-electron chi connectivity index (χ4n) is 2.36. The van der Waals surface area contributed by atoms with Crippen LogP contribution in [0.15, 0.2) is 6.33 Å². The quantitative estimate of drug-likeness (QED) is 0.778. The number of rotatable bonds is 7. The molecule has 5 nitrogen and oxygen atoms in total. The van der Waals surface area contributed by atoms with Gasteiger partial charge >= 0.3 is 0 Å². The Morgan fingerprint density at radius 1 is 1.33 bits per heavy atom. The Morgan fingerprint density at radius 3 is 2.61 bits per heavy atom. The lowest BCUT2D eigenvalue weighted by atomic mass is 10.0. The van der Waals surface area contributed by atoms with Crippen LogP contribution in [0.2, 0.25) is 0 Å². The van der Waals surface area contributed by atoms with E-state index in [4.69, 9.17) is 4.74 Å². The first kappa shape index (κ1) is 12.9. The summed E-state index contributed by atoms with van der Waals surface area (Å²) in [6, 6.07) is 0. The van der Waals surface area contributed by atoms with Crippen molar-refractivity contribution in [1.82, 2.24) is 9.97 Å². The monoisotopic (exact) mass is 250 g/mol. The summed E-state index contributed by atoms with van der Waals surface area (Å²) in [7, 11) is 3.47. The Labute approximate surface area is 108 Å². The Balaban J connectivity index is 2.05. The van der Waals surface area contributed by atoms with E-state index in [1.165, 1.54) is 25.7 Å². The van der Waals surface area contributed by atoms with E-state index in [0.717, 1.165) is 18.2 Å². The van der Waals surface area contributed by atoms with E-state index in [1.54, 1.807) is 13.4 Å². The zero-order valence-corrected chi connectivity index (χ0v) is 11.4. The summed E-state index contributed by atoms with van der Waals surface area (Å²) in [6.07, 6.45) is 6.72. The molecule has 0 amide bonds. The molecule has 1 heterocycles. The second-order valence-corrected chi connectivity index (χ2v) is 4.96. The number of aromatic nitrogens is 2. The number of hydrogen-bond donors (Lipinski definition) is 2. The molecule has 1 aliphatic carbocycles. The Bertz CT molecular complexity index is 404. The topological polar surface area (TPSA) is 59.1 Å². The number of hydrogen-bond acceptors (Lipinski definition) is 5. The van der Waals surface area contributed by atoms with E-state index in [9.17, 15) is 0 Å². The molecule has 0 unspecified atom stereocenters. The largest absolute Gasteiger partial charge is 0.490 e. The fourth-order valence-corrected chi connectivity index (χ4v) is 2.36. The molecule has 2 N–H and O–H groups in total.